The lowest BCUT2D eigenvalue weighted by Crippen LogP contribution is -2.22. The van der Waals surface area contributed by atoms with Crippen LogP contribution in [-0.4, -0.2) is 77.5 Å². The van der Waals surface area contributed by atoms with Gasteiger partial charge in [-0.2, -0.15) is 0 Å². The van der Waals surface area contributed by atoms with Gasteiger partial charge in [-0.15, -0.1) is 0 Å². The van der Waals surface area contributed by atoms with Gasteiger partial charge in [0.05, 0.1) is 23.3 Å². The van der Waals surface area contributed by atoms with E-state index < -0.39 is 18.0 Å². The monoisotopic (exact) mass is 832 g/mol. The molecule has 0 radical (unpaired) electrons. The first kappa shape index (κ1) is 46.2. The molecule has 3 unspecified atom stereocenters. The van der Waals surface area contributed by atoms with Crippen molar-refractivity contribution in [3.8, 4) is 23.0 Å². The number of esters is 2. The Balaban J connectivity index is 1.01. The van der Waals surface area contributed by atoms with Crippen molar-refractivity contribution in [2.45, 2.75) is 77.6 Å². The molecule has 0 saturated carbocycles. The number of carbonyl (C=O) groups excluding carboxylic acids is 2. The highest BCUT2D eigenvalue weighted by Crippen LogP contribution is 2.35. The normalized spacial score (nSPS) is 13.1. The number of ether oxygens (including phenoxy) is 8. The summed E-state index contributed by atoms with van der Waals surface area (Å²) < 4.78 is 44.9. The van der Waals surface area contributed by atoms with Crippen molar-refractivity contribution in [3.05, 3.63) is 155 Å². The topological polar surface area (TPSA) is 108 Å². The maximum absolute atomic E-state index is 12.9. The number of carbonyl (C=O) groups is 2. The van der Waals surface area contributed by atoms with Crippen LogP contribution in [0.3, 0.4) is 0 Å². The highest BCUT2D eigenvalue weighted by atomic mass is 16.6. The van der Waals surface area contributed by atoms with E-state index in [1.807, 2.05) is 86.6 Å². The second-order valence-electron chi connectivity index (χ2n) is 16.2. The average Bonchev–Trinajstić information content (AvgIpc) is 3.28. The zero-order chi connectivity index (χ0) is 44.0. The molecule has 0 aliphatic carbocycles. The van der Waals surface area contributed by atoms with E-state index in [2.05, 4.69) is 52.0 Å². The SMILES string of the molecule is COC(C)COc1ccc(C(C)(C)c2ccc(OCCOC(=O)c3ccc(C(=O)OC(C)COc4ccc(C(C)(C)c5ccc(OCC(C)OC)cc5)cc4)cc3)cc2)cc1. The third kappa shape index (κ3) is 13.1. The summed E-state index contributed by atoms with van der Waals surface area (Å²) in [7, 11) is 3.34. The number of rotatable bonds is 22. The largest absolute Gasteiger partial charge is 0.491 e. The molecule has 0 bridgehead atoms. The lowest BCUT2D eigenvalue weighted by Gasteiger charge is -2.26. The maximum Gasteiger partial charge on any atom is 0.338 e. The van der Waals surface area contributed by atoms with Crippen molar-refractivity contribution in [3.63, 3.8) is 0 Å². The van der Waals surface area contributed by atoms with Crippen LogP contribution in [0.5, 0.6) is 23.0 Å². The van der Waals surface area contributed by atoms with Crippen molar-refractivity contribution < 1.29 is 47.5 Å². The fraction of sp³-hybridized carbons (Fsp3) is 0.373. The zero-order valence-corrected chi connectivity index (χ0v) is 36.9. The van der Waals surface area contributed by atoms with Crippen LogP contribution in [0.4, 0.5) is 0 Å². The molecular weight excluding hydrogens is 773 g/mol. The van der Waals surface area contributed by atoms with Gasteiger partial charge in [0.1, 0.15) is 62.1 Å². The lowest BCUT2D eigenvalue weighted by molar-refractivity contribution is 0.0228. The van der Waals surface area contributed by atoms with Gasteiger partial charge in [-0.1, -0.05) is 76.2 Å². The van der Waals surface area contributed by atoms with Crippen LogP contribution in [0.15, 0.2) is 121 Å². The van der Waals surface area contributed by atoms with Crippen LogP contribution < -0.4 is 18.9 Å². The molecule has 0 aliphatic rings. The standard InChI is InChI=1S/C51H60O10/c1-35(54-8)32-58-45-24-16-41(17-25-45)50(4,5)40-14-22-44(23-15-40)56-30-31-57-48(52)38-10-12-39(13-11-38)49(53)61-37(3)34-60-47-28-20-43(21-29-47)51(6,7)42-18-26-46(27-19-42)59-33-36(2)55-9/h10-29,35-37H,30-34H2,1-9H3. The van der Waals surface area contributed by atoms with Gasteiger partial charge in [-0.25, -0.2) is 9.59 Å². The highest BCUT2D eigenvalue weighted by molar-refractivity contribution is 5.93. The summed E-state index contributed by atoms with van der Waals surface area (Å²) in [5, 5.41) is 0. The molecule has 10 heteroatoms. The van der Waals surface area contributed by atoms with Gasteiger partial charge >= 0.3 is 11.9 Å². The first-order valence-electron chi connectivity index (χ1n) is 20.7. The molecule has 324 valence electrons. The second-order valence-corrected chi connectivity index (χ2v) is 16.2. The Bertz CT molecular complexity index is 2110. The Hall–Kier alpha value is -5.84. The molecule has 0 aromatic heterocycles. The molecule has 5 aromatic rings. The number of benzene rings is 5. The first-order valence-corrected chi connectivity index (χ1v) is 20.7. The van der Waals surface area contributed by atoms with Gasteiger partial charge in [0.25, 0.3) is 0 Å². The minimum atomic E-state index is -0.517. The summed E-state index contributed by atoms with van der Waals surface area (Å²) in [6, 6.07) is 38.2. The summed E-state index contributed by atoms with van der Waals surface area (Å²) in [4.78, 5) is 25.6. The third-order valence-electron chi connectivity index (χ3n) is 10.8. The van der Waals surface area contributed by atoms with Crippen LogP contribution in [0.25, 0.3) is 0 Å². The van der Waals surface area contributed by atoms with Crippen molar-refractivity contribution in [2.75, 3.05) is 47.3 Å². The smallest absolute Gasteiger partial charge is 0.338 e. The Morgan fingerprint density at radius 3 is 1.08 bits per heavy atom. The predicted octanol–water partition coefficient (Wildman–Crippen LogP) is 10.0. The fourth-order valence-electron chi connectivity index (χ4n) is 6.39. The van der Waals surface area contributed by atoms with Gasteiger partial charge in [-0.05, 0) is 116 Å². The molecule has 0 fully saturated rings. The van der Waals surface area contributed by atoms with Crippen LogP contribution >= 0.6 is 0 Å². The summed E-state index contributed by atoms with van der Waals surface area (Å²) in [5.74, 6) is 1.91. The van der Waals surface area contributed by atoms with Crippen LogP contribution in [0, 0.1) is 0 Å². The Morgan fingerprint density at radius 2 is 0.738 bits per heavy atom. The summed E-state index contributed by atoms with van der Waals surface area (Å²) in [5.41, 5.74) is 4.70. The van der Waals surface area contributed by atoms with Gasteiger partial charge in [0.15, 0.2) is 0 Å². The van der Waals surface area contributed by atoms with E-state index in [1.54, 1.807) is 45.4 Å². The first-order chi connectivity index (χ1) is 29.2. The minimum absolute atomic E-state index is 0.0207. The quantitative estimate of drug-likeness (QED) is 0.0494. The molecule has 0 aliphatic heterocycles. The number of hydrogen-bond acceptors (Lipinski definition) is 10. The van der Waals surface area contributed by atoms with E-state index in [4.69, 9.17) is 37.9 Å². The molecule has 0 amide bonds. The van der Waals surface area contributed by atoms with E-state index in [0.717, 1.165) is 33.8 Å². The molecule has 0 heterocycles. The van der Waals surface area contributed by atoms with Gasteiger partial charge < -0.3 is 37.9 Å². The van der Waals surface area contributed by atoms with E-state index in [-0.39, 0.29) is 42.9 Å². The summed E-state index contributed by atoms with van der Waals surface area (Å²) in [6.07, 6.45) is -0.474. The number of hydrogen-bond donors (Lipinski definition) is 0. The molecular formula is C51H60O10. The Morgan fingerprint density at radius 1 is 0.426 bits per heavy atom. The zero-order valence-electron chi connectivity index (χ0n) is 36.9. The molecule has 5 aromatic carbocycles. The van der Waals surface area contributed by atoms with Crippen molar-refractivity contribution in [1.29, 1.82) is 0 Å². The molecule has 0 saturated heterocycles. The van der Waals surface area contributed by atoms with E-state index in [9.17, 15) is 9.59 Å². The van der Waals surface area contributed by atoms with E-state index in [0.29, 0.717) is 35.8 Å². The van der Waals surface area contributed by atoms with Crippen molar-refractivity contribution in [2.24, 2.45) is 0 Å². The third-order valence-corrected chi connectivity index (χ3v) is 10.8. The molecule has 3 atom stereocenters. The molecule has 10 nitrogen and oxygen atoms in total. The molecule has 61 heavy (non-hydrogen) atoms. The predicted molar refractivity (Wildman–Crippen MR) is 237 cm³/mol. The fourth-order valence-corrected chi connectivity index (χ4v) is 6.39. The average molecular weight is 833 g/mol. The van der Waals surface area contributed by atoms with E-state index in [1.165, 1.54) is 0 Å². The lowest BCUT2D eigenvalue weighted by atomic mass is 9.78. The van der Waals surface area contributed by atoms with Gasteiger partial charge in [0.2, 0.25) is 0 Å². The summed E-state index contributed by atoms with van der Waals surface area (Å²) >= 11 is 0. The molecule has 5 rings (SSSR count). The summed E-state index contributed by atoms with van der Waals surface area (Å²) in [6.45, 7) is 15.8. The van der Waals surface area contributed by atoms with Crippen LogP contribution in [-0.2, 0) is 29.8 Å². The van der Waals surface area contributed by atoms with Crippen molar-refractivity contribution in [1.82, 2.24) is 0 Å². The Labute approximate surface area is 361 Å². The van der Waals surface area contributed by atoms with Crippen LogP contribution in [0.1, 0.15) is 91.4 Å². The molecule has 0 N–H and O–H groups in total. The highest BCUT2D eigenvalue weighted by Gasteiger charge is 2.25. The second kappa shape index (κ2) is 21.6. The molecule has 0 spiro atoms. The maximum atomic E-state index is 12.9. The van der Waals surface area contributed by atoms with E-state index >= 15 is 0 Å². The van der Waals surface area contributed by atoms with Gasteiger partial charge in [-0.3, -0.25) is 0 Å². The van der Waals surface area contributed by atoms with Crippen molar-refractivity contribution >= 4 is 11.9 Å². The minimum Gasteiger partial charge on any atom is -0.491 e. The number of methoxy groups -OCH3 is 2. The van der Waals surface area contributed by atoms with Gasteiger partial charge in [0, 0.05) is 25.0 Å². The van der Waals surface area contributed by atoms with Crippen LogP contribution in [0.2, 0.25) is 0 Å². The Kier molecular flexibility index (Phi) is 16.4.